The number of imidazole rings is 1. The lowest BCUT2D eigenvalue weighted by atomic mass is 9.82. The number of rotatable bonds is 6. The van der Waals surface area contributed by atoms with Crippen molar-refractivity contribution in [3.05, 3.63) is 87.9 Å². The molecule has 4 rings (SSSR count). The molecule has 0 amide bonds. The van der Waals surface area contributed by atoms with Gasteiger partial charge < -0.3 is 9.67 Å². The lowest BCUT2D eigenvalue weighted by molar-refractivity contribution is 0.0185. The fourth-order valence-corrected chi connectivity index (χ4v) is 4.89. The summed E-state index contributed by atoms with van der Waals surface area (Å²) in [4.78, 5) is 4.12. The zero-order valence-electron chi connectivity index (χ0n) is 16.4. The Balaban J connectivity index is 1.64. The maximum atomic E-state index is 11.8. The molecule has 1 fully saturated rings. The standard InChI is InChI=1S/C24H26Cl2N2O/c25-22-11-8-20(23(26)14-22)15-24(29,16-28-13-12-27-17-28)21-9-6-19(7-10-21)18-4-2-1-3-5-18/h6-14,17-18,29H,1-5,15-16H2. The van der Waals surface area contributed by atoms with Gasteiger partial charge in [-0.2, -0.15) is 0 Å². The third-order valence-electron chi connectivity index (χ3n) is 6.03. The van der Waals surface area contributed by atoms with Gasteiger partial charge in [-0.25, -0.2) is 4.98 Å². The molecular formula is C24H26Cl2N2O. The van der Waals surface area contributed by atoms with Gasteiger partial charge >= 0.3 is 0 Å². The summed E-state index contributed by atoms with van der Waals surface area (Å²) in [5.74, 6) is 0.644. The summed E-state index contributed by atoms with van der Waals surface area (Å²) in [6, 6.07) is 13.9. The predicted molar refractivity (Wildman–Crippen MR) is 119 cm³/mol. The minimum atomic E-state index is -1.11. The van der Waals surface area contributed by atoms with Crippen LogP contribution in [-0.4, -0.2) is 14.7 Å². The highest BCUT2D eigenvalue weighted by Crippen LogP contribution is 2.35. The molecule has 5 heteroatoms. The van der Waals surface area contributed by atoms with Gasteiger partial charge in [-0.15, -0.1) is 0 Å². The molecular weight excluding hydrogens is 403 g/mol. The quantitative estimate of drug-likeness (QED) is 0.495. The molecule has 1 unspecified atom stereocenters. The van der Waals surface area contributed by atoms with E-state index in [0.717, 1.165) is 11.1 Å². The van der Waals surface area contributed by atoms with Crippen LogP contribution in [0.15, 0.2) is 61.2 Å². The van der Waals surface area contributed by atoms with Crippen molar-refractivity contribution in [3.8, 4) is 0 Å². The number of halogens is 2. The maximum Gasteiger partial charge on any atom is 0.112 e. The first-order chi connectivity index (χ1) is 14.0. The summed E-state index contributed by atoms with van der Waals surface area (Å²) in [6.07, 6.45) is 12.2. The summed E-state index contributed by atoms with van der Waals surface area (Å²) < 4.78 is 1.90. The minimum Gasteiger partial charge on any atom is -0.383 e. The van der Waals surface area contributed by atoms with Crippen molar-refractivity contribution in [1.29, 1.82) is 0 Å². The van der Waals surface area contributed by atoms with E-state index in [1.807, 2.05) is 22.9 Å². The number of hydrogen-bond acceptors (Lipinski definition) is 2. The summed E-state index contributed by atoms with van der Waals surface area (Å²) in [7, 11) is 0. The van der Waals surface area contributed by atoms with Gasteiger partial charge in [-0.3, -0.25) is 0 Å². The van der Waals surface area contributed by atoms with Crippen LogP contribution in [0.5, 0.6) is 0 Å². The van der Waals surface area contributed by atoms with Crippen LogP contribution in [0.4, 0.5) is 0 Å². The first kappa shape index (κ1) is 20.5. The van der Waals surface area contributed by atoms with Crippen molar-refractivity contribution in [2.24, 2.45) is 0 Å². The van der Waals surface area contributed by atoms with Crippen LogP contribution in [0, 0.1) is 0 Å². The topological polar surface area (TPSA) is 38.0 Å². The molecule has 1 heterocycles. The van der Waals surface area contributed by atoms with Crippen LogP contribution in [0.3, 0.4) is 0 Å². The van der Waals surface area contributed by atoms with Crippen LogP contribution in [0.25, 0.3) is 0 Å². The molecule has 3 aromatic rings. The van der Waals surface area contributed by atoms with Crippen molar-refractivity contribution in [1.82, 2.24) is 9.55 Å². The van der Waals surface area contributed by atoms with E-state index in [0.29, 0.717) is 28.9 Å². The Kier molecular flexibility index (Phi) is 6.29. The average molecular weight is 429 g/mol. The second kappa shape index (κ2) is 8.91. The monoisotopic (exact) mass is 428 g/mol. The molecule has 0 bridgehead atoms. The molecule has 1 atom stereocenters. The highest BCUT2D eigenvalue weighted by Gasteiger charge is 2.31. The highest BCUT2D eigenvalue weighted by atomic mass is 35.5. The highest BCUT2D eigenvalue weighted by molar-refractivity contribution is 6.35. The second-order valence-corrected chi connectivity index (χ2v) is 8.98. The number of aliphatic hydroxyl groups is 1. The van der Waals surface area contributed by atoms with Gasteiger partial charge in [0.1, 0.15) is 5.60 Å². The van der Waals surface area contributed by atoms with E-state index < -0.39 is 5.60 Å². The Morgan fingerprint density at radius 2 is 1.79 bits per heavy atom. The summed E-state index contributed by atoms with van der Waals surface area (Å²) >= 11 is 12.5. The molecule has 0 aliphatic heterocycles. The third-order valence-corrected chi connectivity index (χ3v) is 6.61. The van der Waals surface area contributed by atoms with Crippen LogP contribution in [0.2, 0.25) is 10.0 Å². The van der Waals surface area contributed by atoms with E-state index >= 15 is 0 Å². The molecule has 3 nitrogen and oxygen atoms in total. The minimum absolute atomic E-state index is 0.393. The zero-order valence-corrected chi connectivity index (χ0v) is 17.9. The molecule has 0 saturated heterocycles. The molecule has 29 heavy (non-hydrogen) atoms. The molecule has 0 spiro atoms. The van der Waals surface area contributed by atoms with E-state index in [1.54, 1.807) is 18.6 Å². The van der Waals surface area contributed by atoms with Crippen molar-refractivity contribution < 1.29 is 5.11 Å². The molecule has 1 aliphatic rings. The fourth-order valence-electron chi connectivity index (χ4n) is 4.41. The molecule has 1 aliphatic carbocycles. The molecule has 1 saturated carbocycles. The molecule has 0 radical (unpaired) electrons. The van der Waals surface area contributed by atoms with E-state index in [9.17, 15) is 5.11 Å². The Morgan fingerprint density at radius 3 is 2.45 bits per heavy atom. The van der Waals surface area contributed by atoms with Gasteiger partial charge in [0.15, 0.2) is 0 Å². The van der Waals surface area contributed by atoms with E-state index in [4.69, 9.17) is 23.2 Å². The van der Waals surface area contributed by atoms with Gasteiger partial charge in [0.2, 0.25) is 0 Å². The first-order valence-corrected chi connectivity index (χ1v) is 11.0. The summed E-state index contributed by atoms with van der Waals surface area (Å²) in [5, 5.41) is 12.9. The summed E-state index contributed by atoms with van der Waals surface area (Å²) in [6.45, 7) is 0.398. The molecule has 1 aromatic heterocycles. The molecule has 2 aromatic carbocycles. The molecule has 152 valence electrons. The lowest BCUT2D eigenvalue weighted by Gasteiger charge is -2.30. The van der Waals surface area contributed by atoms with E-state index in [2.05, 4.69) is 29.2 Å². The first-order valence-electron chi connectivity index (χ1n) is 10.3. The SMILES string of the molecule is OC(Cc1ccc(Cl)cc1Cl)(Cn1ccnc1)c1ccc(C2CCCCC2)cc1. The zero-order chi connectivity index (χ0) is 20.3. The number of nitrogens with zero attached hydrogens (tertiary/aromatic N) is 2. The second-order valence-electron chi connectivity index (χ2n) is 8.14. The van der Waals surface area contributed by atoms with Gasteiger partial charge in [-0.1, -0.05) is 72.8 Å². The van der Waals surface area contributed by atoms with Gasteiger partial charge in [0.05, 0.1) is 12.9 Å². The number of benzene rings is 2. The Morgan fingerprint density at radius 1 is 1.03 bits per heavy atom. The van der Waals surface area contributed by atoms with Crippen molar-refractivity contribution in [3.63, 3.8) is 0 Å². The van der Waals surface area contributed by atoms with Crippen molar-refractivity contribution in [2.45, 2.75) is 56.6 Å². The van der Waals surface area contributed by atoms with Gasteiger partial charge in [0, 0.05) is 28.9 Å². The van der Waals surface area contributed by atoms with E-state index in [1.165, 1.54) is 37.7 Å². The average Bonchev–Trinajstić information content (AvgIpc) is 3.24. The number of hydrogen-bond donors (Lipinski definition) is 1. The van der Waals surface area contributed by atoms with Crippen LogP contribution in [-0.2, 0) is 18.6 Å². The predicted octanol–water partition coefficient (Wildman–Crippen LogP) is 6.37. The smallest absolute Gasteiger partial charge is 0.112 e. The molecule has 1 N–H and O–H groups in total. The summed E-state index contributed by atoms with van der Waals surface area (Å²) in [5.41, 5.74) is 2.03. The van der Waals surface area contributed by atoms with Crippen LogP contribution in [0.1, 0.15) is 54.7 Å². The third kappa shape index (κ3) is 4.85. The van der Waals surface area contributed by atoms with Crippen LogP contribution >= 0.6 is 23.2 Å². The van der Waals surface area contributed by atoms with E-state index in [-0.39, 0.29) is 0 Å². The fraction of sp³-hybridized carbons (Fsp3) is 0.375. The lowest BCUT2D eigenvalue weighted by Crippen LogP contribution is -2.34. The Bertz CT molecular complexity index is 934. The van der Waals surface area contributed by atoms with Gasteiger partial charge in [0.25, 0.3) is 0 Å². The number of aromatic nitrogens is 2. The van der Waals surface area contributed by atoms with Crippen LogP contribution < -0.4 is 0 Å². The maximum absolute atomic E-state index is 11.8. The van der Waals surface area contributed by atoms with Crippen molar-refractivity contribution >= 4 is 23.2 Å². The van der Waals surface area contributed by atoms with Gasteiger partial charge in [-0.05, 0) is 47.6 Å². The Labute approximate surface area is 182 Å². The normalized spacial score (nSPS) is 17.2. The van der Waals surface area contributed by atoms with Crippen molar-refractivity contribution in [2.75, 3.05) is 0 Å². The largest absolute Gasteiger partial charge is 0.383 e. The Hall–Kier alpha value is -1.81.